The number of hydrogen-bond acceptors (Lipinski definition) is 2. The maximum absolute atomic E-state index is 10.9. The summed E-state index contributed by atoms with van der Waals surface area (Å²) in [5.41, 5.74) is 1.15. The van der Waals surface area contributed by atoms with E-state index in [-0.39, 0.29) is 29.9 Å². The number of halogens is 1. The van der Waals surface area contributed by atoms with E-state index in [1.165, 1.54) is 12.9 Å². The summed E-state index contributed by atoms with van der Waals surface area (Å²) in [7, 11) is 5.41. The molecule has 5 heteroatoms. The van der Waals surface area contributed by atoms with Gasteiger partial charge in [-0.2, -0.15) is 0 Å². The van der Waals surface area contributed by atoms with E-state index < -0.39 is 0 Å². The first-order valence-corrected chi connectivity index (χ1v) is 4.64. The molecule has 0 radical (unpaired) electrons. The lowest BCUT2D eigenvalue weighted by molar-refractivity contribution is -0.677. The highest BCUT2D eigenvalue weighted by Crippen LogP contribution is 2.03. The van der Waals surface area contributed by atoms with Crippen molar-refractivity contribution < 1.29 is 38.1 Å². The minimum atomic E-state index is -0.161. The zero-order valence-electron chi connectivity index (χ0n) is 9.58. The Bertz CT molecular complexity index is 347. The SMILES string of the molecule is COC(=O)CCc1c[n+](C)c(C)n1C.[I-]. The molecule has 0 unspecified atom stereocenters. The molecule has 15 heavy (non-hydrogen) atoms. The van der Waals surface area contributed by atoms with Crippen molar-refractivity contribution in [1.82, 2.24) is 4.57 Å². The topological polar surface area (TPSA) is 35.1 Å². The van der Waals surface area contributed by atoms with Crippen molar-refractivity contribution in [1.29, 1.82) is 0 Å². The molecule has 1 aromatic rings. The fourth-order valence-corrected chi connectivity index (χ4v) is 1.41. The lowest BCUT2D eigenvalue weighted by Crippen LogP contribution is -3.00. The summed E-state index contributed by atoms with van der Waals surface area (Å²) in [5, 5.41) is 0. The minimum Gasteiger partial charge on any atom is -1.00 e. The van der Waals surface area contributed by atoms with Crippen molar-refractivity contribution in [3.63, 3.8) is 0 Å². The Balaban J connectivity index is 0.00000196. The van der Waals surface area contributed by atoms with Crippen LogP contribution in [0.5, 0.6) is 0 Å². The molecular formula is C10H17IN2O2. The lowest BCUT2D eigenvalue weighted by atomic mass is 10.2. The van der Waals surface area contributed by atoms with Crippen LogP contribution in [0.4, 0.5) is 0 Å². The Morgan fingerprint density at radius 1 is 1.60 bits per heavy atom. The highest BCUT2D eigenvalue weighted by atomic mass is 127. The van der Waals surface area contributed by atoms with Crippen LogP contribution in [0.15, 0.2) is 6.20 Å². The normalized spacial score (nSPS) is 9.60. The second-order valence-electron chi connectivity index (χ2n) is 3.41. The maximum atomic E-state index is 10.9. The predicted molar refractivity (Wildman–Crippen MR) is 51.7 cm³/mol. The van der Waals surface area contributed by atoms with Crippen molar-refractivity contribution >= 4 is 5.97 Å². The van der Waals surface area contributed by atoms with Crippen molar-refractivity contribution in [3.8, 4) is 0 Å². The quantitative estimate of drug-likeness (QED) is 0.344. The molecule has 0 amide bonds. The Kier molecular flexibility index (Phi) is 5.85. The van der Waals surface area contributed by atoms with Gasteiger partial charge < -0.3 is 28.7 Å². The fraction of sp³-hybridized carbons (Fsp3) is 0.600. The van der Waals surface area contributed by atoms with Gasteiger partial charge in [-0.05, 0) is 0 Å². The van der Waals surface area contributed by atoms with Crippen molar-refractivity contribution in [2.24, 2.45) is 14.1 Å². The summed E-state index contributed by atoms with van der Waals surface area (Å²) < 4.78 is 8.73. The van der Waals surface area contributed by atoms with Crippen LogP contribution >= 0.6 is 0 Å². The number of aryl methyl sites for hydroxylation is 2. The van der Waals surface area contributed by atoms with Gasteiger partial charge in [-0.1, -0.05) is 0 Å². The highest BCUT2D eigenvalue weighted by molar-refractivity contribution is 5.69. The number of imidazole rings is 1. The molecule has 0 spiro atoms. The van der Waals surface area contributed by atoms with Crippen LogP contribution in [0.2, 0.25) is 0 Å². The smallest absolute Gasteiger partial charge is 0.305 e. The highest BCUT2D eigenvalue weighted by Gasteiger charge is 2.14. The Hall–Kier alpha value is -0.590. The number of carbonyl (C=O) groups excluding carboxylic acids is 1. The third-order valence-electron chi connectivity index (χ3n) is 2.58. The number of aromatic nitrogens is 2. The second kappa shape index (κ2) is 6.09. The molecular weight excluding hydrogens is 307 g/mol. The van der Waals surface area contributed by atoms with Crippen molar-refractivity contribution in [2.75, 3.05) is 7.11 Å². The molecule has 4 nitrogen and oxygen atoms in total. The van der Waals surface area contributed by atoms with E-state index in [9.17, 15) is 4.79 Å². The van der Waals surface area contributed by atoms with Crippen LogP contribution in [0.3, 0.4) is 0 Å². The van der Waals surface area contributed by atoms with Gasteiger partial charge in [0, 0.05) is 13.3 Å². The molecule has 1 heterocycles. The average Bonchev–Trinajstić information content (AvgIpc) is 2.42. The molecule has 1 rings (SSSR count). The maximum Gasteiger partial charge on any atom is 0.305 e. The number of esters is 1. The third kappa shape index (κ3) is 3.48. The van der Waals surface area contributed by atoms with Gasteiger partial charge in [0.05, 0.1) is 27.6 Å². The first kappa shape index (κ1) is 14.4. The summed E-state index contributed by atoms with van der Waals surface area (Å²) in [6.45, 7) is 2.04. The van der Waals surface area contributed by atoms with E-state index in [1.807, 2.05) is 31.8 Å². The summed E-state index contributed by atoms with van der Waals surface area (Å²) in [4.78, 5) is 10.9. The minimum absolute atomic E-state index is 0. The summed E-state index contributed by atoms with van der Waals surface area (Å²) in [5.74, 6) is 1.01. The number of hydrogen-bond donors (Lipinski definition) is 0. The van der Waals surface area contributed by atoms with E-state index >= 15 is 0 Å². The molecule has 0 aliphatic carbocycles. The first-order chi connectivity index (χ1) is 6.56. The molecule has 0 bridgehead atoms. The Morgan fingerprint density at radius 2 is 2.20 bits per heavy atom. The zero-order valence-corrected chi connectivity index (χ0v) is 11.7. The number of methoxy groups -OCH3 is 1. The monoisotopic (exact) mass is 324 g/mol. The van der Waals surface area contributed by atoms with Gasteiger partial charge in [-0.3, -0.25) is 4.79 Å². The van der Waals surface area contributed by atoms with E-state index in [4.69, 9.17) is 0 Å². The van der Waals surface area contributed by atoms with Gasteiger partial charge in [0.1, 0.15) is 11.9 Å². The average molecular weight is 324 g/mol. The van der Waals surface area contributed by atoms with E-state index in [0.717, 1.165) is 12.1 Å². The largest absolute Gasteiger partial charge is 1.00 e. The van der Waals surface area contributed by atoms with Gasteiger partial charge >= 0.3 is 5.97 Å². The summed E-state index contributed by atoms with van der Waals surface area (Å²) in [6, 6.07) is 0. The van der Waals surface area contributed by atoms with Gasteiger partial charge in [0.2, 0.25) is 0 Å². The number of ether oxygens (including phenoxy) is 1. The van der Waals surface area contributed by atoms with Crippen LogP contribution in [-0.4, -0.2) is 17.6 Å². The molecule has 0 atom stereocenters. The van der Waals surface area contributed by atoms with E-state index in [1.54, 1.807) is 0 Å². The third-order valence-corrected chi connectivity index (χ3v) is 2.58. The van der Waals surface area contributed by atoms with Crippen LogP contribution < -0.4 is 28.5 Å². The Morgan fingerprint density at radius 3 is 2.60 bits per heavy atom. The molecule has 0 saturated carbocycles. The van der Waals surface area contributed by atoms with E-state index in [0.29, 0.717) is 6.42 Å². The van der Waals surface area contributed by atoms with Crippen molar-refractivity contribution in [3.05, 3.63) is 17.7 Å². The predicted octanol–water partition coefficient (Wildman–Crippen LogP) is -2.73. The summed E-state index contributed by atoms with van der Waals surface area (Å²) in [6.07, 6.45) is 3.21. The molecule has 0 aromatic carbocycles. The zero-order chi connectivity index (χ0) is 10.7. The second-order valence-corrected chi connectivity index (χ2v) is 3.41. The van der Waals surface area contributed by atoms with E-state index in [2.05, 4.69) is 9.30 Å². The molecule has 86 valence electrons. The van der Waals surface area contributed by atoms with Gasteiger partial charge in [0.15, 0.2) is 0 Å². The van der Waals surface area contributed by atoms with Crippen LogP contribution in [0, 0.1) is 6.92 Å². The van der Waals surface area contributed by atoms with Gasteiger partial charge in [0.25, 0.3) is 5.82 Å². The van der Waals surface area contributed by atoms with Gasteiger partial charge in [-0.15, -0.1) is 0 Å². The number of rotatable bonds is 3. The molecule has 0 aliphatic rings. The molecule has 1 aromatic heterocycles. The summed E-state index contributed by atoms with van der Waals surface area (Å²) >= 11 is 0. The molecule has 0 fully saturated rings. The van der Waals surface area contributed by atoms with Gasteiger partial charge in [-0.25, -0.2) is 9.13 Å². The fourth-order valence-electron chi connectivity index (χ4n) is 1.41. The lowest BCUT2D eigenvalue weighted by Gasteiger charge is -1.96. The number of nitrogens with zero attached hydrogens (tertiary/aromatic N) is 2. The van der Waals surface area contributed by atoms with Crippen LogP contribution in [-0.2, 0) is 30.0 Å². The standard InChI is InChI=1S/C10H17N2O2.HI/c1-8-11(2)7-9(12(8)3)5-6-10(13)14-4;/h7H,5-6H2,1-4H3;1H/q+1;/p-1. The molecule has 0 N–H and O–H groups in total. The van der Waals surface area contributed by atoms with Crippen molar-refractivity contribution in [2.45, 2.75) is 19.8 Å². The first-order valence-electron chi connectivity index (χ1n) is 4.64. The molecule has 0 saturated heterocycles. The van der Waals surface area contributed by atoms with Crippen LogP contribution in [0.1, 0.15) is 17.9 Å². The number of carbonyl (C=O) groups is 1. The van der Waals surface area contributed by atoms with Crippen LogP contribution in [0.25, 0.3) is 0 Å². The molecule has 0 aliphatic heterocycles. The Labute approximate surface area is 107 Å².